The van der Waals surface area contributed by atoms with E-state index < -0.39 is 24.3 Å². The second kappa shape index (κ2) is 17.1. The van der Waals surface area contributed by atoms with Crippen LogP contribution in [-0.2, 0) is 19.1 Å². The third-order valence-electron chi connectivity index (χ3n) is 11.1. The fraction of sp³-hybridized carbons (Fsp3) is 0.349. The molecule has 4 unspecified atom stereocenters. The molecule has 4 N–H and O–H groups in total. The van der Waals surface area contributed by atoms with Crippen molar-refractivity contribution in [3.8, 4) is 32.3 Å². The number of benzene rings is 2. The van der Waals surface area contributed by atoms with Crippen molar-refractivity contribution in [1.29, 1.82) is 0 Å². The molecular weight excluding hydrogens is 789 g/mol. The number of imidazole rings is 2. The Balaban J connectivity index is 0.935. The number of carbonyl (C=O) groups is 4. The van der Waals surface area contributed by atoms with E-state index in [1.807, 2.05) is 61.5 Å². The normalized spacial score (nSPS) is 17.6. The Morgan fingerprint density at radius 3 is 1.88 bits per heavy atom. The lowest BCUT2D eigenvalue weighted by Crippen LogP contribution is -2.51. The number of aromatic nitrogens is 4. The fourth-order valence-electron chi connectivity index (χ4n) is 7.99. The van der Waals surface area contributed by atoms with Gasteiger partial charge >= 0.3 is 12.2 Å². The van der Waals surface area contributed by atoms with E-state index in [4.69, 9.17) is 19.4 Å². The van der Waals surface area contributed by atoms with Crippen molar-refractivity contribution in [3.05, 3.63) is 96.3 Å². The lowest BCUT2D eigenvalue weighted by molar-refractivity contribution is -0.135. The fourth-order valence-corrected chi connectivity index (χ4v) is 10.4. The molecule has 59 heavy (non-hydrogen) atoms. The summed E-state index contributed by atoms with van der Waals surface area (Å²) in [5.41, 5.74) is 4.54. The van der Waals surface area contributed by atoms with Crippen molar-refractivity contribution in [2.75, 3.05) is 27.3 Å². The lowest BCUT2D eigenvalue weighted by atomic mass is 10.0. The van der Waals surface area contributed by atoms with Crippen LogP contribution >= 0.6 is 22.7 Å². The summed E-state index contributed by atoms with van der Waals surface area (Å²) in [5, 5.41) is 5.42. The molecule has 6 aromatic rings. The monoisotopic (exact) mass is 834 g/mol. The van der Waals surface area contributed by atoms with Gasteiger partial charge in [0.05, 0.1) is 55.0 Å². The third-order valence-corrected chi connectivity index (χ3v) is 13.4. The van der Waals surface area contributed by atoms with Crippen molar-refractivity contribution >= 4 is 56.1 Å². The summed E-state index contributed by atoms with van der Waals surface area (Å²) in [6.45, 7) is 4.97. The summed E-state index contributed by atoms with van der Waals surface area (Å²) in [4.78, 5) is 73.9. The minimum atomic E-state index is -0.877. The van der Waals surface area contributed by atoms with E-state index in [2.05, 4.69) is 57.0 Å². The number of thiophene rings is 2. The van der Waals surface area contributed by atoms with E-state index in [1.54, 1.807) is 27.6 Å². The Morgan fingerprint density at radius 2 is 1.25 bits per heavy atom. The molecule has 4 amide bonds. The van der Waals surface area contributed by atoms with Gasteiger partial charge in [0, 0.05) is 27.4 Å². The predicted octanol–water partition coefficient (Wildman–Crippen LogP) is 8.21. The van der Waals surface area contributed by atoms with Gasteiger partial charge in [-0.2, -0.15) is 0 Å². The highest BCUT2D eigenvalue weighted by Crippen LogP contribution is 2.42. The maximum atomic E-state index is 13.9. The molecule has 16 heteroatoms. The molecule has 6 heterocycles. The Morgan fingerprint density at radius 1 is 0.712 bits per heavy atom. The van der Waals surface area contributed by atoms with Gasteiger partial charge in [0.1, 0.15) is 23.7 Å². The van der Waals surface area contributed by atoms with E-state index in [9.17, 15) is 19.2 Å². The van der Waals surface area contributed by atoms with Crippen molar-refractivity contribution in [2.45, 2.75) is 63.7 Å². The second-order valence-corrected chi connectivity index (χ2v) is 17.3. The number of nitrogens with zero attached hydrogens (tertiary/aromatic N) is 4. The molecule has 14 nitrogen and oxygen atoms in total. The van der Waals surface area contributed by atoms with Gasteiger partial charge in [0.15, 0.2) is 0 Å². The van der Waals surface area contributed by atoms with Crippen LogP contribution in [0.1, 0.15) is 74.9 Å². The molecule has 2 saturated heterocycles. The summed E-state index contributed by atoms with van der Waals surface area (Å²) in [5.74, 6) is 1.01. The molecule has 0 bridgehead atoms. The van der Waals surface area contributed by atoms with Crippen LogP contribution in [0.4, 0.5) is 9.59 Å². The van der Waals surface area contributed by atoms with Crippen LogP contribution in [0.15, 0.2) is 79.1 Å². The Hall–Kier alpha value is -6.00. The molecule has 4 atom stereocenters. The first-order valence-corrected chi connectivity index (χ1v) is 21.3. The molecule has 0 spiro atoms. The number of alkyl carbamates (subject to hydrolysis) is 2. The van der Waals surface area contributed by atoms with Gasteiger partial charge in [-0.3, -0.25) is 9.59 Å². The zero-order valence-corrected chi connectivity index (χ0v) is 34.8. The first-order valence-electron chi connectivity index (χ1n) is 19.7. The predicted molar refractivity (Wildman–Crippen MR) is 227 cm³/mol. The summed E-state index contributed by atoms with van der Waals surface area (Å²) in [6, 6.07) is 20.0. The van der Waals surface area contributed by atoms with Gasteiger partial charge in [0.25, 0.3) is 5.91 Å². The van der Waals surface area contributed by atoms with Gasteiger partial charge in [-0.1, -0.05) is 68.4 Å². The first kappa shape index (κ1) is 39.8. The van der Waals surface area contributed by atoms with Crippen LogP contribution in [0.2, 0.25) is 0 Å². The van der Waals surface area contributed by atoms with E-state index in [0.717, 1.165) is 63.8 Å². The molecule has 2 aromatic carbocycles. The van der Waals surface area contributed by atoms with Crippen LogP contribution in [0.25, 0.3) is 41.7 Å². The highest BCUT2D eigenvalue weighted by molar-refractivity contribution is 7.31. The summed E-state index contributed by atoms with van der Waals surface area (Å²) < 4.78 is 12.0. The maximum Gasteiger partial charge on any atom is 0.407 e. The van der Waals surface area contributed by atoms with E-state index in [0.29, 0.717) is 24.5 Å². The van der Waals surface area contributed by atoms with E-state index in [-0.39, 0.29) is 29.8 Å². The number of amides is 4. The minimum absolute atomic E-state index is 0.102. The minimum Gasteiger partial charge on any atom is -0.453 e. The average Bonchev–Trinajstić information content (AvgIpc) is 4.10. The van der Waals surface area contributed by atoms with Crippen LogP contribution in [-0.4, -0.2) is 87.1 Å². The van der Waals surface area contributed by atoms with Crippen LogP contribution in [0.3, 0.4) is 0 Å². The summed E-state index contributed by atoms with van der Waals surface area (Å²) in [6.07, 6.45) is 5.58. The number of H-pyrrole nitrogens is 2. The highest BCUT2D eigenvalue weighted by Gasteiger charge is 2.39. The van der Waals surface area contributed by atoms with Crippen molar-refractivity contribution < 1.29 is 28.7 Å². The van der Waals surface area contributed by atoms with Crippen molar-refractivity contribution in [3.63, 3.8) is 0 Å². The van der Waals surface area contributed by atoms with Gasteiger partial charge in [-0.25, -0.2) is 19.6 Å². The number of nitrogens with one attached hydrogen (secondary N) is 4. The Kier molecular flexibility index (Phi) is 11.5. The van der Waals surface area contributed by atoms with Gasteiger partial charge in [0.2, 0.25) is 5.91 Å². The van der Waals surface area contributed by atoms with Gasteiger partial charge < -0.3 is 39.9 Å². The van der Waals surface area contributed by atoms with E-state index in [1.165, 1.54) is 23.6 Å². The molecule has 306 valence electrons. The SMILES string of the molecule is COC(=O)NC(C(=O)N1CCCC1c1ncc(-c2ccc(-c3cc4sc(-c5cnc(C6CCCN6C(=O)C(NC(=O)OC)C(C)C)[nH]5)cc4s3)cc2)[nH]1)c1ccccc1. The number of fused-ring (bicyclic) bond motifs is 1. The summed E-state index contributed by atoms with van der Waals surface area (Å²) >= 11 is 3.43. The van der Waals surface area contributed by atoms with Crippen LogP contribution in [0.5, 0.6) is 0 Å². The zero-order valence-electron chi connectivity index (χ0n) is 33.2. The number of methoxy groups -OCH3 is 2. The Labute approximate surface area is 349 Å². The molecule has 4 aromatic heterocycles. The second-order valence-electron chi connectivity index (χ2n) is 15.1. The van der Waals surface area contributed by atoms with E-state index >= 15 is 0 Å². The molecule has 0 saturated carbocycles. The topological polar surface area (TPSA) is 175 Å². The Bertz CT molecular complexity index is 2420. The van der Waals surface area contributed by atoms with Crippen LogP contribution in [0, 0.1) is 5.92 Å². The maximum absolute atomic E-state index is 13.9. The van der Waals surface area contributed by atoms with Gasteiger partial charge in [-0.05, 0) is 60.4 Å². The van der Waals surface area contributed by atoms with Crippen molar-refractivity contribution in [2.24, 2.45) is 5.92 Å². The summed E-state index contributed by atoms with van der Waals surface area (Å²) in [7, 11) is 2.58. The largest absolute Gasteiger partial charge is 0.453 e. The zero-order chi connectivity index (χ0) is 41.2. The smallest absolute Gasteiger partial charge is 0.407 e. The van der Waals surface area contributed by atoms with Gasteiger partial charge in [-0.15, -0.1) is 22.7 Å². The molecule has 8 rings (SSSR count). The number of likely N-dealkylation sites (tertiary alicyclic amines) is 2. The number of carbonyl (C=O) groups excluding carboxylic acids is 4. The molecule has 0 radical (unpaired) electrons. The molecule has 2 aliphatic rings. The number of hydrogen-bond donors (Lipinski definition) is 4. The lowest BCUT2D eigenvalue weighted by Gasteiger charge is -2.30. The number of hydrogen-bond acceptors (Lipinski definition) is 10. The van der Waals surface area contributed by atoms with Crippen LogP contribution < -0.4 is 10.6 Å². The number of ether oxygens (including phenoxy) is 2. The standard InChI is InChI=1S/C43H46N8O6S2/c1-24(2)36(48-42(54)56-3)40(52)50-18-8-13-31(50)39-45-23-29(47-39)33-21-35-34(59-33)20-32(58-35)26-16-14-25(15-17-26)28-22-44-38(46-28)30-12-9-19-51(30)41(53)37(49-43(55)57-4)27-10-6-5-7-11-27/h5-7,10-11,14-17,20-24,30-31,36-37H,8-9,12-13,18-19H2,1-4H3,(H,44,46)(H,45,47)(H,48,54)(H,49,55). The molecule has 2 fully saturated rings. The first-order chi connectivity index (χ1) is 28.6. The third kappa shape index (κ3) is 8.19. The van der Waals surface area contributed by atoms with Crippen molar-refractivity contribution in [1.82, 2.24) is 40.4 Å². The average molecular weight is 835 g/mol. The highest BCUT2D eigenvalue weighted by atomic mass is 32.1. The molecule has 0 aliphatic carbocycles. The molecule has 2 aliphatic heterocycles. The molecular formula is C43H46N8O6S2. The number of rotatable bonds is 11. The quantitative estimate of drug-likeness (QED) is 0.101. The number of aromatic amines is 2.